The highest BCUT2D eigenvalue weighted by Crippen LogP contribution is 2.22. The number of hydrogen-bond donors (Lipinski definition) is 1. The molecule has 0 saturated heterocycles. The monoisotopic (exact) mass is 393 g/mol. The van der Waals surface area contributed by atoms with Crippen molar-refractivity contribution in [1.82, 2.24) is 5.32 Å². The van der Waals surface area contributed by atoms with Gasteiger partial charge in [-0.25, -0.2) is 0 Å². The van der Waals surface area contributed by atoms with E-state index in [0.717, 1.165) is 5.56 Å². The van der Waals surface area contributed by atoms with Gasteiger partial charge in [-0.2, -0.15) is 0 Å². The predicted octanol–water partition coefficient (Wildman–Crippen LogP) is 4.83. The van der Waals surface area contributed by atoms with Gasteiger partial charge in [-0.1, -0.05) is 60.1 Å². The number of carbonyl (C=O) groups excluding carboxylic acids is 2. The largest absolute Gasteiger partial charge is 0.484 e. The smallest absolute Gasteiger partial charge is 0.258 e. The zero-order valence-electron chi connectivity index (χ0n) is 15.4. The van der Waals surface area contributed by atoms with Crippen LogP contribution in [0.2, 0.25) is 5.02 Å². The summed E-state index contributed by atoms with van der Waals surface area (Å²) in [6, 6.07) is 23.0. The molecular formula is C23H20ClNO3. The first-order valence-electron chi connectivity index (χ1n) is 8.91. The minimum Gasteiger partial charge on any atom is -0.484 e. The lowest BCUT2D eigenvalue weighted by molar-refractivity contribution is -0.123. The number of halogens is 1. The Morgan fingerprint density at radius 2 is 1.50 bits per heavy atom. The second-order valence-electron chi connectivity index (χ2n) is 6.32. The molecule has 3 rings (SSSR count). The van der Waals surface area contributed by atoms with Gasteiger partial charge in [-0.3, -0.25) is 9.59 Å². The van der Waals surface area contributed by atoms with Crippen LogP contribution >= 0.6 is 11.6 Å². The molecule has 0 heterocycles. The van der Waals surface area contributed by atoms with E-state index >= 15 is 0 Å². The number of nitrogens with one attached hydrogen (secondary N) is 1. The van der Waals surface area contributed by atoms with Gasteiger partial charge in [-0.05, 0) is 42.8 Å². The Labute approximate surface area is 169 Å². The summed E-state index contributed by atoms with van der Waals surface area (Å²) in [5.74, 6) is 0.209. The van der Waals surface area contributed by atoms with Crippen molar-refractivity contribution in [3.63, 3.8) is 0 Å². The number of ether oxygens (including phenoxy) is 1. The fourth-order valence-corrected chi connectivity index (χ4v) is 3.09. The second kappa shape index (κ2) is 9.20. The SMILES string of the molecule is C[C@@H](NC(=O)COc1ccc(C(=O)c2ccccc2)cc1)c1ccccc1Cl. The summed E-state index contributed by atoms with van der Waals surface area (Å²) in [7, 11) is 0. The maximum atomic E-state index is 12.4. The summed E-state index contributed by atoms with van der Waals surface area (Å²) in [6.45, 7) is 1.74. The van der Waals surface area contributed by atoms with Crippen LogP contribution in [0.5, 0.6) is 5.75 Å². The van der Waals surface area contributed by atoms with E-state index in [1.165, 1.54) is 0 Å². The summed E-state index contributed by atoms with van der Waals surface area (Å²) in [4.78, 5) is 24.5. The molecule has 1 atom stereocenters. The summed E-state index contributed by atoms with van der Waals surface area (Å²) in [6.07, 6.45) is 0. The first-order valence-corrected chi connectivity index (χ1v) is 9.29. The molecule has 0 aliphatic heterocycles. The van der Waals surface area contributed by atoms with Gasteiger partial charge in [0, 0.05) is 16.1 Å². The standard InChI is InChI=1S/C23H20ClNO3/c1-16(20-9-5-6-10-21(20)24)25-22(26)15-28-19-13-11-18(12-14-19)23(27)17-7-3-2-4-8-17/h2-14,16H,15H2,1H3,(H,25,26)/t16-/m1/s1. The number of hydrogen-bond acceptors (Lipinski definition) is 3. The Hall–Kier alpha value is -3.11. The highest BCUT2D eigenvalue weighted by Gasteiger charge is 2.13. The fraction of sp³-hybridized carbons (Fsp3) is 0.130. The zero-order chi connectivity index (χ0) is 19.9. The molecule has 0 spiro atoms. The van der Waals surface area contributed by atoms with Crippen molar-refractivity contribution in [2.75, 3.05) is 6.61 Å². The van der Waals surface area contributed by atoms with Crippen LogP contribution in [-0.4, -0.2) is 18.3 Å². The summed E-state index contributed by atoms with van der Waals surface area (Å²) >= 11 is 6.15. The van der Waals surface area contributed by atoms with Crippen LogP contribution in [0.3, 0.4) is 0 Å². The van der Waals surface area contributed by atoms with E-state index in [1.54, 1.807) is 42.5 Å². The van der Waals surface area contributed by atoms with Gasteiger partial charge in [0.15, 0.2) is 12.4 Å². The third-order valence-electron chi connectivity index (χ3n) is 4.27. The molecule has 5 heteroatoms. The highest BCUT2D eigenvalue weighted by atomic mass is 35.5. The van der Waals surface area contributed by atoms with Crippen molar-refractivity contribution in [3.8, 4) is 5.75 Å². The van der Waals surface area contributed by atoms with Crippen molar-refractivity contribution >= 4 is 23.3 Å². The van der Waals surface area contributed by atoms with E-state index in [2.05, 4.69) is 5.32 Å². The number of amides is 1. The Kier molecular flexibility index (Phi) is 6.45. The van der Waals surface area contributed by atoms with Crippen LogP contribution in [0, 0.1) is 0 Å². The molecule has 0 aliphatic carbocycles. The van der Waals surface area contributed by atoms with E-state index in [0.29, 0.717) is 21.9 Å². The molecule has 0 saturated carbocycles. The Bertz CT molecular complexity index is 955. The van der Waals surface area contributed by atoms with Crippen molar-refractivity contribution in [2.24, 2.45) is 0 Å². The van der Waals surface area contributed by atoms with Crippen molar-refractivity contribution in [2.45, 2.75) is 13.0 Å². The third-order valence-corrected chi connectivity index (χ3v) is 4.62. The Balaban J connectivity index is 1.54. The Morgan fingerprint density at radius 3 is 2.18 bits per heavy atom. The first-order chi connectivity index (χ1) is 13.5. The van der Waals surface area contributed by atoms with E-state index in [9.17, 15) is 9.59 Å². The molecule has 1 amide bonds. The van der Waals surface area contributed by atoms with Gasteiger partial charge >= 0.3 is 0 Å². The van der Waals surface area contributed by atoms with Crippen LogP contribution in [-0.2, 0) is 4.79 Å². The molecule has 0 aromatic heterocycles. The van der Waals surface area contributed by atoms with E-state index < -0.39 is 0 Å². The quantitative estimate of drug-likeness (QED) is 0.585. The molecule has 4 nitrogen and oxygen atoms in total. The van der Waals surface area contributed by atoms with E-state index in [4.69, 9.17) is 16.3 Å². The molecule has 0 aliphatic rings. The fourth-order valence-electron chi connectivity index (χ4n) is 2.79. The van der Waals surface area contributed by atoms with Crippen LogP contribution < -0.4 is 10.1 Å². The van der Waals surface area contributed by atoms with Gasteiger partial charge in [0.05, 0.1) is 6.04 Å². The van der Waals surface area contributed by atoms with Crippen LogP contribution in [0.4, 0.5) is 0 Å². The molecule has 1 N–H and O–H groups in total. The topological polar surface area (TPSA) is 55.4 Å². The molecule has 0 fully saturated rings. The first kappa shape index (κ1) is 19.6. The van der Waals surface area contributed by atoms with Crippen molar-refractivity contribution < 1.29 is 14.3 Å². The lowest BCUT2D eigenvalue weighted by atomic mass is 10.0. The summed E-state index contributed by atoms with van der Waals surface area (Å²) < 4.78 is 5.52. The van der Waals surface area contributed by atoms with E-state index in [1.807, 2.05) is 43.3 Å². The lowest BCUT2D eigenvalue weighted by Crippen LogP contribution is -2.31. The molecule has 28 heavy (non-hydrogen) atoms. The highest BCUT2D eigenvalue weighted by molar-refractivity contribution is 6.31. The third kappa shape index (κ3) is 4.99. The summed E-state index contributed by atoms with van der Waals surface area (Å²) in [5.41, 5.74) is 2.04. The van der Waals surface area contributed by atoms with Gasteiger partial charge in [0.2, 0.25) is 0 Å². The number of benzene rings is 3. The molecule has 142 valence electrons. The average Bonchev–Trinajstić information content (AvgIpc) is 2.73. The molecule has 0 unspecified atom stereocenters. The molecule has 3 aromatic carbocycles. The maximum absolute atomic E-state index is 12.4. The van der Waals surface area contributed by atoms with Crippen LogP contribution in [0.1, 0.15) is 34.5 Å². The average molecular weight is 394 g/mol. The summed E-state index contributed by atoms with van der Waals surface area (Å²) in [5, 5.41) is 3.46. The van der Waals surface area contributed by atoms with Gasteiger partial charge in [0.25, 0.3) is 5.91 Å². The Morgan fingerprint density at radius 1 is 0.893 bits per heavy atom. The number of rotatable bonds is 7. The van der Waals surface area contributed by atoms with Gasteiger partial charge in [-0.15, -0.1) is 0 Å². The second-order valence-corrected chi connectivity index (χ2v) is 6.73. The van der Waals surface area contributed by atoms with Crippen molar-refractivity contribution in [1.29, 1.82) is 0 Å². The predicted molar refractivity (Wildman–Crippen MR) is 110 cm³/mol. The van der Waals surface area contributed by atoms with Gasteiger partial charge < -0.3 is 10.1 Å². The molecular weight excluding hydrogens is 374 g/mol. The number of carbonyl (C=O) groups is 2. The molecule has 0 bridgehead atoms. The van der Waals surface area contributed by atoms with Crippen LogP contribution in [0.25, 0.3) is 0 Å². The van der Waals surface area contributed by atoms with Crippen molar-refractivity contribution in [3.05, 3.63) is 101 Å². The van der Waals surface area contributed by atoms with Gasteiger partial charge in [0.1, 0.15) is 5.75 Å². The minimum absolute atomic E-state index is 0.0570. The molecule has 0 radical (unpaired) electrons. The normalized spacial score (nSPS) is 11.5. The molecule has 3 aromatic rings. The maximum Gasteiger partial charge on any atom is 0.258 e. The lowest BCUT2D eigenvalue weighted by Gasteiger charge is -2.16. The van der Waals surface area contributed by atoms with Crippen LogP contribution in [0.15, 0.2) is 78.9 Å². The van der Waals surface area contributed by atoms with E-state index in [-0.39, 0.29) is 24.3 Å². The zero-order valence-corrected chi connectivity index (χ0v) is 16.1. The number of ketones is 1. The minimum atomic E-state index is -0.253.